The third-order valence-corrected chi connectivity index (χ3v) is 7.40. The Balaban J connectivity index is 0.00000245. The molecule has 1 aromatic carbocycles. The van der Waals surface area contributed by atoms with Crippen LogP contribution in [-0.4, -0.2) is 27.2 Å². The standard InChI is InChI=1S/C23H27ClN4O3.ClH/c1-13-18-20(27-31-13)19-16(24)6-5-7-17(19)28(21(18)29)15-9-8-14(12-15)26-22(30)23(25)10-3-2-4-11-23;/h5-7,14-15H,2-4,8-12,25H2,1H3,(H,26,30);1H. The second kappa shape index (κ2) is 8.69. The van der Waals surface area contributed by atoms with Crippen molar-refractivity contribution in [2.45, 2.75) is 75.9 Å². The summed E-state index contributed by atoms with van der Waals surface area (Å²) in [4.78, 5) is 26.3. The predicted molar refractivity (Wildman–Crippen MR) is 128 cm³/mol. The van der Waals surface area contributed by atoms with Gasteiger partial charge >= 0.3 is 0 Å². The van der Waals surface area contributed by atoms with Crippen LogP contribution in [0.2, 0.25) is 5.02 Å². The highest BCUT2D eigenvalue weighted by Crippen LogP contribution is 2.36. The fourth-order valence-corrected chi connectivity index (χ4v) is 5.66. The fraction of sp³-hybridized carbons (Fsp3) is 0.522. The second-order valence-corrected chi connectivity index (χ2v) is 9.53. The quantitative estimate of drug-likeness (QED) is 0.580. The van der Waals surface area contributed by atoms with E-state index in [0.29, 0.717) is 28.1 Å². The Morgan fingerprint density at radius 3 is 2.75 bits per heavy atom. The number of amides is 1. The van der Waals surface area contributed by atoms with Gasteiger partial charge in [-0.15, -0.1) is 12.4 Å². The first-order chi connectivity index (χ1) is 14.9. The molecule has 3 aromatic rings. The highest BCUT2D eigenvalue weighted by molar-refractivity contribution is 6.37. The van der Waals surface area contributed by atoms with Gasteiger partial charge < -0.3 is 20.1 Å². The Morgan fingerprint density at radius 2 is 2.00 bits per heavy atom. The number of benzene rings is 1. The van der Waals surface area contributed by atoms with Gasteiger partial charge in [-0.05, 0) is 51.2 Å². The molecule has 0 spiro atoms. The second-order valence-electron chi connectivity index (χ2n) is 9.13. The zero-order valence-electron chi connectivity index (χ0n) is 18.0. The van der Waals surface area contributed by atoms with Crippen LogP contribution in [0.25, 0.3) is 21.8 Å². The summed E-state index contributed by atoms with van der Waals surface area (Å²) >= 11 is 6.51. The van der Waals surface area contributed by atoms with E-state index in [-0.39, 0.29) is 36.0 Å². The zero-order chi connectivity index (χ0) is 21.8. The van der Waals surface area contributed by atoms with Crippen LogP contribution < -0.4 is 16.6 Å². The summed E-state index contributed by atoms with van der Waals surface area (Å²) in [5.74, 6) is 0.434. The van der Waals surface area contributed by atoms with Gasteiger partial charge in [0, 0.05) is 17.5 Å². The average Bonchev–Trinajstić information content (AvgIpc) is 3.36. The third-order valence-electron chi connectivity index (χ3n) is 7.09. The molecule has 2 aliphatic carbocycles. The molecule has 2 saturated carbocycles. The molecule has 0 saturated heterocycles. The van der Waals surface area contributed by atoms with Gasteiger partial charge in [-0.3, -0.25) is 9.59 Å². The minimum absolute atomic E-state index is 0. The maximum Gasteiger partial charge on any atom is 0.264 e. The molecule has 0 bridgehead atoms. The number of pyridine rings is 1. The number of hydrogen-bond acceptors (Lipinski definition) is 5. The molecule has 7 nitrogen and oxygen atoms in total. The fourth-order valence-electron chi connectivity index (χ4n) is 5.40. The lowest BCUT2D eigenvalue weighted by Gasteiger charge is -2.33. The van der Waals surface area contributed by atoms with E-state index in [1.54, 1.807) is 13.0 Å². The summed E-state index contributed by atoms with van der Waals surface area (Å²) < 4.78 is 7.15. The molecule has 2 aliphatic rings. The van der Waals surface area contributed by atoms with Gasteiger partial charge in [0.1, 0.15) is 16.7 Å². The molecule has 1 amide bonds. The number of nitrogens with two attached hydrogens (primary N) is 1. The molecule has 9 heteroatoms. The van der Waals surface area contributed by atoms with E-state index in [0.717, 1.165) is 55.8 Å². The Hall–Kier alpha value is -2.09. The summed E-state index contributed by atoms with van der Waals surface area (Å²) in [6.45, 7) is 1.74. The van der Waals surface area contributed by atoms with Crippen LogP contribution in [0.15, 0.2) is 27.5 Å². The van der Waals surface area contributed by atoms with Crippen LogP contribution >= 0.6 is 24.0 Å². The van der Waals surface area contributed by atoms with Gasteiger partial charge in [-0.1, -0.05) is 42.1 Å². The summed E-state index contributed by atoms with van der Waals surface area (Å²) in [7, 11) is 0. The summed E-state index contributed by atoms with van der Waals surface area (Å²) in [5.41, 5.74) is 6.78. The molecule has 2 atom stereocenters. The van der Waals surface area contributed by atoms with E-state index in [2.05, 4.69) is 10.5 Å². The van der Waals surface area contributed by atoms with Crippen LogP contribution in [0.5, 0.6) is 0 Å². The van der Waals surface area contributed by atoms with Crippen molar-refractivity contribution in [3.05, 3.63) is 39.3 Å². The molecule has 32 heavy (non-hydrogen) atoms. The number of nitrogens with one attached hydrogen (secondary N) is 1. The molecule has 2 fully saturated rings. The molecule has 2 heterocycles. The first-order valence-corrected chi connectivity index (χ1v) is 11.5. The predicted octanol–water partition coefficient (Wildman–Crippen LogP) is 4.40. The van der Waals surface area contributed by atoms with Gasteiger partial charge in [0.15, 0.2) is 0 Å². The number of aryl methyl sites for hydroxylation is 1. The number of hydrogen-bond donors (Lipinski definition) is 2. The van der Waals surface area contributed by atoms with Crippen LogP contribution in [0.4, 0.5) is 0 Å². The summed E-state index contributed by atoms with van der Waals surface area (Å²) in [5, 5.41) is 9.01. The smallest absolute Gasteiger partial charge is 0.264 e. The molecule has 172 valence electrons. The van der Waals surface area contributed by atoms with Crippen molar-refractivity contribution in [1.29, 1.82) is 0 Å². The van der Waals surface area contributed by atoms with Crippen LogP contribution in [-0.2, 0) is 4.79 Å². The number of carbonyl (C=O) groups is 1. The summed E-state index contributed by atoms with van der Waals surface area (Å²) in [6, 6.07) is 5.49. The van der Waals surface area contributed by atoms with Crippen molar-refractivity contribution in [2.75, 3.05) is 0 Å². The highest BCUT2D eigenvalue weighted by Gasteiger charge is 2.38. The highest BCUT2D eigenvalue weighted by atomic mass is 35.5. The minimum atomic E-state index is -0.758. The van der Waals surface area contributed by atoms with Gasteiger partial charge in [-0.25, -0.2) is 0 Å². The number of carbonyl (C=O) groups excluding carboxylic acids is 1. The van der Waals surface area contributed by atoms with E-state index in [4.69, 9.17) is 21.9 Å². The largest absolute Gasteiger partial charge is 0.360 e. The normalized spacial score (nSPS) is 22.7. The lowest BCUT2D eigenvalue weighted by molar-refractivity contribution is -0.128. The van der Waals surface area contributed by atoms with Crippen LogP contribution in [0.3, 0.4) is 0 Å². The van der Waals surface area contributed by atoms with Crippen molar-refractivity contribution in [3.63, 3.8) is 0 Å². The van der Waals surface area contributed by atoms with E-state index in [9.17, 15) is 9.59 Å². The Morgan fingerprint density at radius 1 is 1.25 bits per heavy atom. The van der Waals surface area contributed by atoms with Crippen molar-refractivity contribution < 1.29 is 9.32 Å². The van der Waals surface area contributed by atoms with E-state index < -0.39 is 5.54 Å². The SMILES string of the molecule is Cc1onc2c1c(=O)n(C1CCC(NC(=O)C3(N)CCCCC3)C1)c1cccc(Cl)c21.Cl. The number of halogens is 2. The Bertz CT molecular complexity index is 1230. The molecular weight excluding hydrogens is 451 g/mol. The van der Waals surface area contributed by atoms with Crippen molar-refractivity contribution in [1.82, 2.24) is 15.0 Å². The lowest BCUT2D eigenvalue weighted by Crippen LogP contribution is -2.56. The van der Waals surface area contributed by atoms with E-state index in [1.165, 1.54) is 0 Å². The Kier molecular flexibility index (Phi) is 6.27. The molecule has 5 rings (SSSR count). The topological polar surface area (TPSA) is 103 Å². The molecule has 0 radical (unpaired) electrons. The van der Waals surface area contributed by atoms with Gasteiger partial charge in [0.25, 0.3) is 5.56 Å². The summed E-state index contributed by atoms with van der Waals surface area (Å²) in [6.07, 6.45) is 6.89. The maximum atomic E-state index is 13.5. The number of rotatable bonds is 3. The monoisotopic (exact) mass is 478 g/mol. The molecule has 3 N–H and O–H groups in total. The van der Waals surface area contributed by atoms with E-state index >= 15 is 0 Å². The van der Waals surface area contributed by atoms with Crippen molar-refractivity contribution >= 4 is 51.7 Å². The van der Waals surface area contributed by atoms with Gasteiger partial charge in [0.05, 0.1) is 16.1 Å². The van der Waals surface area contributed by atoms with Gasteiger partial charge in [0.2, 0.25) is 5.91 Å². The number of aromatic nitrogens is 2. The van der Waals surface area contributed by atoms with Crippen molar-refractivity contribution in [3.8, 4) is 0 Å². The van der Waals surface area contributed by atoms with Crippen LogP contribution in [0, 0.1) is 6.92 Å². The number of fused-ring (bicyclic) bond motifs is 3. The molecule has 0 aliphatic heterocycles. The van der Waals surface area contributed by atoms with Gasteiger partial charge in [-0.2, -0.15) is 0 Å². The first-order valence-electron chi connectivity index (χ1n) is 11.1. The molecular formula is C23H28Cl2N4O3. The molecule has 2 unspecified atom stereocenters. The maximum absolute atomic E-state index is 13.5. The minimum Gasteiger partial charge on any atom is -0.360 e. The van der Waals surface area contributed by atoms with E-state index in [1.807, 2.05) is 16.7 Å². The zero-order valence-corrected chi connectivity index (χ0v) is 19.6. The number of nitrogens with zero attached hydrogens (tertiary/aromatic N) is 2. The Labute approximate surface area is 197 Å². The third kappa shape index (κ3) is 3.70. The van der Waals surface area contributed by atoms with Crippen molar-refractivity contribution in [2.24, 2.45) is 5.73 Å². The average molecular weight is 479 g/mol. The van der Waals surface area contributed by atoms with Crippen LogP contribution in [0.1, 0.15) is 63.2 Å². The lowest BCUT2D eigenvalue weighted by atomic mass is 9.81. The first kappa shape index (κ1) is 23.1. The molecule has 2 aromatic heterocycles.